The Morgan fingerprint density at radius 2 is 1.50 bits per heavy atom. The summed E-state index contributed by atoms with van der Waals surface area (Å²) < 4.78 is 15.6. The highest BCUT2D eigenvalue weighted by molar-refractivity contribution is 5.98. The summed E-state index contributed by atoms with van der Waals surface area (Å²) >= 11 is 0. The molecule has 0 amide bonds. The second kappa shape index (κ2) is 7.37. The van der Waals surface area contributed by atoms with Gasteiger partial charge >= 0.3 is 11.9 Å². The Bertz CT molecular complexity index is 467. The lowest BCUT2D eigenvalue weighted by atomic mass is 10.1. The molecule has 0 aromatic heterocycles. The highest BCUT2D eigenvalue weighted by Crippen LogP contribution is 2.32. The van der Waals surface area contributed by atoms with Crippen molar-refractivity contribution in [1.29, 1.82) is 0 Å². The Kier molecular flexibility index (Phi) is 5.83. The molecule has 0 bridgehead atoms. The van der Waals surface area contributed by atoms with E-state index in [1.807, 2.05) is 0 Å². The maximum atomic E-state index is 12.0. The van der Waals surface area contributed by atoms with E-state index in [1.54, 1.807) is 20.8 Å². The molecule has 0 heterocycles. The third-order valence-electron chi connectivity index (χ3n) is 2.39. The van der Waals surface area contributed by atoms with E-state index in [0.717, 1.165) is 0 Å². The molecule has 1 aromatic rings. The third-order valence-corrected chi connectivity index (χ3v) is 2.39. The van der Waals surface area contributed by atoms with Gasteiger partial charge < -0.3 is 19.3 Å². The fourth-order valence-corrected chi connectivity index (χ4v) is 1.66. The van der Waals surface area contributed by atoms with Crippen molar-refractivity contribution in [2.45, 2.75) is 20.8 Å². The van der Waals surface area contributed by atoms with Crippen LogP contribution in [-0.4, -0.2) is 36.9 Å². The summed E-state index contributed by atoms with van der Waals surface area (Å²) in [5, 5.41) is 9.08. The van der Waals surface area contributed by atoms with E-state index in [-0.39, 0.29) is 29.2 Å². The monoisotopic (exact) mass is 282 g/mol. The first-order chi connectivity index (χ1) is 9.54. The van der Waals surface area contributed by atoms with E-state index < -0.39 is 11.9 Å². The summed E-state index contributed by atoms with van der Waals surface area (Å²) in [4.78, 5) is 23.1. The number of hydrogen-bond acceptors (Lipinski definition) is 5. The second-order valence-corrected chi connectivity index (χ2v) is 3.74. The van der Waals surface area contributed by atoms with Gasteiger partial charge in [-0.1, -0.05) is 0 Å². The van der Waals surface area contributed by atoms with Gasteiger partial charge in [-0.05, 0) is 32.9 Å². The molecule has 0 spiro atoms. The molecular formula is C14H18O6. The molecule has 1 N–H and O–H groups in total. The number of carbonyl (C=O) groups excluding carboxylic acids is 1. The lowest BCUT2D eigenvalue weighted by molar-refractivity contribution is 0.0515. The zero-order valence-electron chi connectivity index (χ0n) is 11.8. The molecule has 0 saturated carbocycles. The summed E-state index contributed by atoms with van der Waals surface area (Å²) in [7, 11) is 0. The van der Waals surface area contributed by atoms with Crippen LogP contribution in [0.5, 0.6) is 11.5 Å². The zero-order chi connectivity index (χ0) is 15.1. The van der Waals surface area contributed by atoms with E-state index in [0.29, 0.717) is 13.2 Å². The topological polar surface area (TPSA) is 82.1 Å². The maximum Gasteiger partial charge on any atom is 0.345 e. The Labute approximate surface area is 117 Å². The molecule has 20 heavy (non-hydrogen) atoms. The number of ether oxygens (including phenoxy) is 3. The van der Waals surface area contributed by atoms with Crippen LogP contribution in [0, 0.1) is 0 Å². The first kappa shape index (κ1) is 15.8. The maximum absolute atomic E-state index is 12.0. The first-order valence-corrected chi connectivity index (χ1v) is 6.39. The highest BCUT2D eigenvalue weighted by Gasteiger charge is 2.23. The molecule has 0 aliphatic rings. The zero-order valence-corrected chi connectivity index (χ0v) is 11.8. The van der Waals surface area contributed by atoms with Crippen molar-refractivity contribution in [3.63, 3.8) is 0 Å². The number of carboxylic acid groups (broad SMARTS) is 1. The van der Waals surface area contributed by atoms with Crippen LogP contribution in [0.1, 0.15) is 41.5 Å². The van der Waals surface area contributed by atoms with Crippen LogP contribution in [0.25, 0.3) is 0 Å². The molecule has 110 valence electrons. The molecule has 0 fully saturated rings. The van der Waals surface area contributed by atoms with Crippen LogP contribution in [0.15, 0.2) is 12.1 Å². The normalized spacial score (nSPS) is 9.95. The second-order valence-electron chi connectivity index (χ2n) is 3.74. The number of aromatic carboxylic acids is 1. The third kappa shape index (κ3) is 3.63. The molecule has 0 aliphatic carbocycles. The lowest BCUT2D eigenvalue weighted by Gasteiger charge is -2.15. The first-order valence-electron chi connectivity index (χ1n) is 6.39. The molecular weight excluding hydrogens is 264 g/mol. The Morgan fingerprint density at radius 1 is 1.00 bits per heavy atom. The van der Waals surface area contributed by atoms with Crippen molar-refractivity contribution >= 4 is 11.9 Å². The van der Waals surface area contributed by atoms with Crippen molar-refractivity contribution in [2.75, 3.05) is 19.8 Å². The van der Waals surface area contributed by atoms with Crippen LogP contribution >= 0.6 is 0 Å². The molecule has 1 rings (SSSR count). The molecule has 6 nitrogen and oxygen atoms in total. The molecule has 0 radical (unpaired) electrons. The predicted octanol–water partition coefficient (Wildman–Crippen LogP) is 2.36. The van der Waals surface area contributed by atoms with Gasteiger partial charge in [0.1, 0.15) is 17.1 Å². The largest absolute Gasteiger partial charge is 0.493 e. The summed E-state index contributed by atoms with van der Waals surface area (Å²) in [6.07, 6.45) is 0. The SMILES string of the molecule is CCOC(=O)c1c(OCC)cc(C(=O)O)cc1OCC. The van der Waals surface area contributed by atoms with E-state index in [9.17, 15) is 9.59 Å². The van der Waals surface area contributed by atoms with Crippen molar-refractivity contribution in [1.82, 2.24) is 0 Å². The summed E-state index contributed by atoms with van der Waals surface area (Å²) in [6, 6.07) is 2.58. The van der Waals surface area contributed by atoms with Crippen LogP contribution < -0.4 is 9.47 Å². The molecule has 6 heteroatoms. The van der Waals surface area contributed by atoms with E-state index >= 15 is 0 Å². The van der Waals surface area contributed by atoms with Crippen LogP contribution in [0.2, 0.25) is 0 Å². The van der Waals surface area contributed by atoms with Gasteiger partial charge in [0.25, 0.3) is 0 Å². The van der Waals surface area contributed by atoms with Crippen molar-refractivity contribution in [3.05, 3.63) is 23.3 Å². The standard InChI is InChI=1S/C14H18O6/c1-4-18-10-7-9(13(15)16)8-11(19-5-2)12(10)14(17)20-6-3/h7-8H,4-6H2,1-3H3,(H,15,16). The quantitative estimate of drug-likeness (QED) is 0.773. The van der Waals surface area contributed by atoms with Crippen molar-refractivity contribution < 1.29 is 28.9 Å². The summed E-state index contributed by atoms with van der Waals surface area (Å²) in [5.74, 6) is -1.43. The Morgan fingerprint density at radius 3 is 1.85 bits per heavy atom. The van der Waals surface area contributed by atoms with Gasteiger partial charge in [0.05, 0.1) is 25.4 Å². The number of rotatable bonds is 7. The van der Waals surface area contributed by atoms with Crippen LogP contribution in [0.3, 0.4) is 0 Å². The minimum atomic E-state index is -1.12. The van der Waals surface area contributed by atoms with Crippen molar-refractivity contribution in [2.24, 2.45) is 0 Å². The lowest BCUT2D eigenvalue weighted by Crippen LogP contribution is -2.12. The highest BCUT2D eigenvalue weighted by atomic mass is 16.5. The Balaban J connectivity index is 3.41. The smallest absolute Gasteiger partial charge is 0.345 e. The average molecular weight is 282 g/mol. The van der Waals surface area contributed by atoms with Gasteiger partial charge in [-0.3, -0.25) is 0 Å². The molecule has 0 saturated heterocycles. The van der Waals surface area contributed by atoms with Gasteiger partial charge in [-0.25, -0.2) is 9.59 Å². The number of benzene rings is 1. The molecule has 0 unspecified atom stereocenters. The predicted molar refractivity (Wildman–Crippen MR) is 71.7 cm³/mol. The van der Waals surface area contributed by atoms with Gasteiger partial charge in [0.2, 0.25) is 0 Å². The van der Waals surface area contributed by atoms with E-state index in [2.05, 4.69) is 0 Å². The minimum Gasteiger partial charge on any atom is -0.493 e. The van der Waals surface area contributed by atoms with Gasteiger partial charge in [0, 0.05) is 0 Å². The number of carbonyl (C=O) groups is 2. The Hall–Kier alpha value is -2.24. The molecule has 0 atom stereocenters. The van der Waals surface area contributed by atoms with Gasteiger partial charge in [-0.15, -0.1) is 0 Å². The molecule has 0 aliphatic heterocycles. The van der Waals surface area contributed by atoms with Crippen LogP contribution in [-0.2, 0) is 4.74 Å². The summed E-state index contributed by atoms with van der Waals surface area (Å²) in [5.41, 5.74) is 0.102. The van der Waals surface area contributed by atoms with Crippen molar-refractivity contribution in [3.8, 4) is 11.5 Å². The fraction of sp³-hybridized carbons (Fsp3) is 0.429. The minimum absolute atomic E-state index is 0.00931. The fourth-order valence-electron chi connectivity index (χ4n) is 1.66. The number of hydrogen-bond donors (Lipinski definition) is 1. The van der Waals surface area contributed by atoms with Crippen LogP contribution in [0.4, 0.5) is 0 Å². The number of esters is 1. The number of carboxylic acids is 1. The molecule has 1 aromatic carbocycles. The van der Waals surface area contributed by atoms with Gasteiger partial charge in [-0.2, -0.15) is 0 Å². The summed E-state index contributed by atoms with van der Waals surface area (Å²) in [6.45, 7) is 5.95. The van der Waals surface area contributed by atoms with Gasteiger partial charge in [0.15, 0.2) is 0 Å². The average Bonchev–Trinajstić information content (AvgIpc) is 2.39. The van der Waals surface area contributed by atoms with E-state index in [1.165, 1.54) is 12.1 Å². The van der Waals surface area contributed by atoms with E-state index in [4.69, 9.17) is 19.3 Å².